The maximum Gasteiger partial charge on any atom is 0.357 e. The molecule has 0 spiro atoms. The molecule has 0 saturated carbocycles. The van der Waals surface area contributed by atoms with Crippen molar-refractivity contribution in [1.29, 1.82) is 0 Å². The van der Waals surface area contributed by atoms with Gasteiger partial charge in [-0.05, 0) is 38.0 Å². The van der Waals surface area contributed by atoms with E-state index in [-0.39, 0.29) is 5.69 Å². The number of carboxylic acids is 1. The van der Waals surface area contributed by atoms with E-state index >= 15 is 0 Å². The van der Waals surface area contributed by atoms with Crippen LogP contribution in [0.15, 0.2) is 12.1 Å². The monoisotopic (exact) mass is 260 g/mol. The van der Waals surface area contributed by atoms with Crippen molar-refractivity contribution in [1.82, 2.24) is 10.2 Å². The molecule has 5 nitrogen and oxygen atoms in total. The molecule has 0 unspecified atom stereocenters. The van der Waals surface area contributed by atoms with Crippen LogP contribution in [-0.4, -0.2) is 28.4 Å². The van der Waals surface area contributed by atoms with Gasteiger partial charge in [0, 0.05) is 16.8 Å². The summed E-state index contributed by atoms with van der Waals surface area (Å²) in [4.78, 5) is 11.3. The molecule has 0 amide bonds. The van der Waals surface area contributed by atoms with Crippen LogP contribution in [0.3, 0.4) is 0 Å². The third-order valence-corrected chi connectivity index (χ3v) is 3.04. The zero-order valence-electron chi connectivity index (χ0n) is 11.4. The van der Waals surface area contributed by atoms with E-state index in [9.17, 15) is 9.90 Å². The van der Waals surface area contributed by atoms with E-state index in [0.29, 0.717) is 17.0 Å². The second-order valence-electron chi connectivity index (χ2n) is 4.54. The zero-order chi connectivity index (χ0) is 14.2. The fraction of sp³-hybridized carbons (Fsp3) is 0.286. The lowest BCUT2D eigenvalue weighted by Crippen LogP contribution is -2.01. The Kier molecular flexibility index (Phi) is 3.29. The third kappa shape index (κ3) is 2.19. The van der Waals surface area contributed by atoms with Crippen molar-refractivity contribution in [2.24, 2.45) is 0 Å². The predicted molar refractivity (Wildman–Crippen MR) is 71.7 cm³/mol. The number of nitrogens with one attached hydrogen (secondary N) is 1. The smallest absolute Gasteiger partial charge is 0.357 e. The molecular weight excluding hydrogens is 244 g/mol. The summed E-state index contributed by atoms with van der Waals surface area (Å²) in [6, 6.07) is 3.91. The minimum absolute atomic E-state index is 0.0146. The summed E-state index contributed by atoms with van der Waals surface area (Å²) >= 11 is 0. The molecule has 2 aromatic rings. The second kappa shape index (κ2) is 4.76. The number of aromatic carboxylic acids is 1. The van der Waals surface area contributed by atoms with Crippen LogP contribution in [0.2, 0.25) is 0 Å². The average Bonchev–Trinajstić information content (AvgIpc) is 2.70. The highest BCUT2D eigenvalue weighted by molar-refractivity contribution is 5.96. The Bertz CT molecular complexity index is 644. The van der Waals surface area contributed by atoms with Gasteiger partial charge in [0.1, 0.15) is 5.75 Å². The number of nitrogens with zero attached hydrogens (tertiary/aromatic N) is 1. The summed E-state index contributed by atoms with van der Waals surface area (Å²) in [7, 11) is 1.58. The standard InChI is InChI=1S/C14H16N2O3/c1-7-5-8(2)13(19-4)10(6-7)11-9(3)15-16-12(11)14(17)18/h5-6H,1-4H3,(H,15,16)(H,17,18). The molecular formula is C14H16N2O3. The lowest BCUT2D eigenvalue weighted by Gasteiger charge is -2.13. The average molecular weight is 260 g/mol. The zero-order valence-corrected chi connectivity index (χ0v) is 11.4. The van der Waals surface area contributed by atoms with Gasteiger partial charge in [0.2, 0.25) is 0 Å². The van der Waals surface area contributed by atoms with Gasteiger partial charge in [-0.3, -0.25) is 5.10 Å². The highest BCUT2D eigenvalue weighted by Crippen LogP contribution is 2.37. The molecule has 19 heavy (non-hydrogen) atoms. The minimum atomic E-state index is -1.06. The highest BCUT2D eigenvalue weighted by Gasteiger charge is 2.22. The normalized spacial score (nSPS) is 10.5. The number of carboxylic acid groups (broad SMARTS) is 1. The van der Waals surface area contributed by atoms with Crippen molar-refractivity contribution in [2.45, 2.75) is 20.8 Å². The van der Waals surface area contributed by atoms with Crippen molar-refractivity contribution >= 4 is 5.97 Å². The van der Waals surface area contributed by atoms with Gasteiger partial charge in [-0.2, -0.15) is 5.10 Å². The molecule has 2 N–H and O–H groups in total. The van der Waals surface area contributed by atoms with Crippen LogP contribution in [0, 0.1) is 20.8 Å². The van der Waals surface area contributed by atoms with Gasteiger partial charge in [-0.1, -0.05) is 6.07 Å². The first-order valence-corrected chi connectivity index (χ1v) is 5.89. The molecule has 100 valence electrons. The number of hydrogen-bond donors (Lipinski definition) is 2. The summed E-state index contributed by atoms with van der Waals surface area (Å²) in [6.07, 6.45) is 0. The van der Waals surface area contributed by atoms with Crippen molar-refractivity contribution < 1.29 is 14.6 Å². The van der Waals surface area contributed by atoms with Crippen LogP contribution in [0.4, 0.5) is 0 Å². The maximum absolute atomic E-state index is 11.3. The molecule has 0 fully saturated rings. The number of aromatic amines is 1. The Morgan fingerprint density at radius 3 is 2.58 bits per heavy atom. The van der Waals surface area contributed by atoms with Gasteiger partial charge in [0.25, 0.3) is 0 Å². The van der Waals surface area contributed by atoms with E-state index in [4.69, 9.17) is 4.74 Å². The fourth-order valence-electron chi connectivity index (χ4n) is 2.32. The molecule has 0 radical (unpaired) electrons. The molecule has 0 atom stereocenters. The molecule has 5 heteroatoms. The van der Waals surface area contributed by atoms with Crippen LogP contribution < -0.4 is 4.74 Å². The quantitative estimate of drug-likeness (QED) is 0.889. The van der Waals surface area contributed by atoms with Crippen LogP contribution in [0.25, 0.3) is 11.1 Å². The van der Waals surface area contributed by atoms with Crippen molar-refractivity contribution in [2.75, 3.05) is 7.11 Å². The maximum atomic E-state index is 11.3. The number of aromatic nitrogens is 2. The van der Waals surface area contributed by atoms with Crippen LogP contribution >= 0.6 is 0 Å². The van der Waals surface area contributed by atoms with Gasteiger partial charge < -0.3 is 9.84 Å². The molecule has 0 bridgehead atoms. The number of rotatable bonds is 3. The van der Waals surface area contributed by atoms with Crippen molar-refractivity contribution in [3.8, 4) is 16.9 Å². The number of benzene rings is 1. The second-order valence-corrected chi connectivity index (χ2v) is 4.54. The number of carbonyl (C=O) groups is 1. The van der Waals surface area contributed by atoms with Gasteiger partial charge in [-0.15, -0.1) is 0 Å². The number of aryl methyl sites for hydroxylation is 3. The lowest BCUT2D eigenvalue weighted by molar-refractivity contribution is 0.0691. The van der Waals surface area contributed by atoms with E-state index < -0.39 is 5.97 Å². The van der Waals surface area contributed by atoms with E-state index in [2.05, 4.69) is 10.2 Å². The Hall–Kier alpha value is -2.30. The Labute approximate surface area is 111 Å². The number of H-pyrrole nitrogens is 1. The molecule has 0 aliphatic rings. The Morgan fingerprint density at radius 2 is 2.00 bits per heavy atom. The summed E-state index contributed by atoms with van der Waals surface area (Å²) in [5.41, 5.74) is 4.07. The molecule has 0 aliphatic carbocycles. The molecule has 2 rings (SSSR count). The van der Waals surface area contributed by atoms with Crippen LogP contribution in [0.1, 0.15) is 27.3 Å². The first-order chi connectivity index (χ1) is 8.95. The SMILES string of the molecule is COc1c(C)cc(C)cc1-c1c(C(=O)O)n[nH]c1C. The highest BCUT2D eigenvalue weighted by atomic mass is 16.5. The van der Waals surface area contributed by atoms with Gasteiger partial charge in [0.15, 0.2) is 5.69 Å². The molecule has 0 saturated heterocycles. The molecule has 1 aromatic carbocycles. The first-order valence-electron chi connectivity index (χ1n) is 5.89. The summed E-state index contributed by atoms with van der Waals surface area (Å²) in [5.74, 6) is -0.377. The third-order valence-electron chi connectivity index (χ3n) is 3.04. The van der Waals surface area contributed by atoms with Crippen molar-refractivity contribution in [3.05, 3.63) is 34.6 Å². The molecule has 1 heterocycles. The number of hydrogen-bond acceptors (Lipinski definition) is 3. The van der Waals surface area contributed by atoms with Crippen LogP contribution in [0.5, 0.6) is 5.75 Å². The molecule has 0 aliphatic heterocycles. The van der Waals surface area contributed by atoms with E-state index in [1.807, 2.05) is 26.0 Å². The van der Waals surface area contributed by atoms with Gasteiger partial charge in [-0.25, -0.2) is 4.79 Å². The van der Waals surface area contributed by atoms with E-state index in [1.165, 1.54) is 0 Å². The van der Waals surface area contributed by atoms with E-state index in [1.54, 1.807) is 14.0 Å². The van der Waals surface area contributed by atoms with Crippen LogP contribution in [-0.2, 0) is 0 Å². The summed E-state index contributed by atoms with van der Waals surface area (Å²) in [6.45, 7) is 5.70. The largest absolute Gasteiger partial charge is 0.496 e. The fourth-order valence-corrected chi connectivity index (χ4v) is 2.32. The lowest BCUT2D eigenvalue weighted by atomic mass is 9.97. The van der Waals surface area contributed by atoms with Gasteiger partial charge in [0.05, 0.1) is 7.11 Å². The van der Waals surface area contributed by atoms with Crippen molar-refractivity contribution in [3.63, 3.8) is 0 Å². The Morgan fingerprint density at radius 1 is 1.32 bits per heavy atom. The molecule has 1 aromatic heterocycles. The first kappa shape index (κ1) is 13.1. The van der Waals surface area contributed by atoms with Gasteiger partial charge >= 0.3 is 5.97 Å². The minimum Gasteiger partial charge on any atom is -0.496 e. The predicted octanol–water partition coefficient (Wildman–Crippen LogP) is 2.71. The Balaban J connectivity index is 2.78. The number of methoxy groups -OCH3 is 1. The van der Waals surface area contributed by atoms with E-state index in [0.717, 1.165) is 16.7 Å². The number of ether oxygens (including phenoxy) is 1. The summed E-state index contributed by atoms with van der Waals surface area (Å²) in [5, 5.41) is 15.8. The summed E-state index contributed by atoms with van der Waals surface area (Å²) < 4.78 is 5.41. The topological polar surface area (TPSA) is 75.2 Å².